The van der Waals surface area contributed by atoms with Crippen molar-refractivity contribution < 1.29 is 16.8 Å². The van der Waals surface area contributed by atoms with Gasteiger partial charge in [-0.05, 0) is 13.3 Å². The van der Waals surface area contributed by atoms with Crippen molar-refractivity contribution in [1.29, 1.82) is 0 Å². The number of nitrogens with one attached hydrogen (secondary N) is 1. The molecule has 0 amide bonds. The van der Waals surface area contributed by atoms with Gasteiger partial charge in [-0.1, -0.05) is 0 Å². The topological polar surface area (TPSA) is 126 Å². The van der Waals surface area contributed by atoms with Crippen LogP contribution in [0.2, 0.25) is 0 Å². The van der Waals surface area contributed by atoms with E-state index in [4.69, 9.17) is 5.73 Å². The number of aryl methyl sites for hydroxylation is 1. The molecule has 1 aromatic rings. The van der Waals surface area contributed by atoms with E-state index in [1.165, 1.54) is 7.05 Å². The molecule has 8 nitrogen and oxygen atoms in total. The number of sulfonamides is 1. The summed E-state index contributed by atoms with van der Waals surface area (Å²) in [6.07, 6.45) is 0.305. The van der Waals surface area contributed by atoms with Crippen molar-refractivity contribution in [3.05, 3.63) is 11.3 Å². The Morgan fingerprint density at radius 3 is 2.65 bits per heavy atom. The molecule has 1 atom stereocenters. The lowest BCUT2D eigenvalue weighted by Crippen LogP contribution is -2.38. The summed E-state index contributed by atoms with van der Waals surface area (Å²) in [4.78, 5) is 0. The lowest BCUT2D eigenvalue weighted by Gasteiger charge is -2.22. The Hall–Kier alpha value is -0.970. The van der Waals surface area contributed by atoms with Crippen molar-refractivity contribution in [3.8, 4) is 0 Å². The third-order valence-electron chi connectivity index (χ3n) is 3.59. The second-order valence-electron chi connectivity index (χ2n) is 4.91. The summed E-state index contributed by atoms with van der Waals surface area (Å²) in [5, 5.41) is 6.28. The summed E-state index contributed by atoms with van der Waals surface area (Å²) in [7, 11) is -5.62. The molecule has 0 bridgehead atoms. The van der Waals surface area contributed by atoms with Gasteiger partial charge in [-0.2, -0.15) is 9.40 Å². The molecular formula is C10H18N4O4S2. The van der Waals surface area contributed by atoms with E-state index in [1.807, 2.05) is 0 Å². The Balaban J connectivity index is 2.35. The molecule has 2 rings (SSSR count). The van der Waals surface area contributed by atoms with Crippen molar-refractivity contribution in [2.24, 2.45) is 5.73 Å². The molecule has 1 aliphatic heterocycles. The van der Waals surface area contributed by atoms with Crippen LogP contribution in [-0.4, -0.2) is 55.9 Å². The van der Waals surface area contributed by atoms with Crippen molar-refractivity contribution in [1.82, 2.24) is 14.5 Å². The van der Waals surface area contributed by atoms with Crippen LogP contribution in [-0.2, 0) is 26.4 Å². The largest absolute Gasteiger partial charge is 0.326 e. The fraction of sp³-hybridized carbons (Fsp3) is 0.700. The Bertz CT molecular complexity index is 708. The molecule has 0 aromatic carbocycles. The summed E-state index contributed by atoms with van der Waals surface area (Å²) in [5.74, 6) is -0.134. The number of nitrogens with two attached hydrogens (primary N) is 1. The van der Waals surface area contributed by atoms with E-state index in [0.29, 0.717) is 17.7 Å². The Kier molecular flexibility index (Phi) is 3.93. The molecule has 1 unspecified atom stereocenters. The van der Waals surface area contributed by atoms with Crippen LogP contribution in [0.25, 0.3) is 0 Å². The Labute approximate surface area is 118 Å². The van der Waals surface area contributed by atoms with Gasteiger partial charge in [0, 0.05) is 30.9 Å². The summed E-state index contributed by atoms with van der Waals surface area (Å²) >= 11 is 0. The zero-order chi connectivity index (χ0) is 15.1. The lowest BCUT2D eigenvalue weighted by molar-refractivity contribution is 0.391. The molecule has 20 heavy (non-hydrogen) atoms. The van der Waals surface area contributed by atoms with E-state index in [0.717, 1.165) is 4.31 Å². The molecule has 1 saturated heterocycles. The highest BCUT2D eigenvalue weighted by molar-refractivity contribution is 7.92. The first kappa shape index (κ1) is 15.4. The van der Waals surface area contributed by atoms with Gasteiger partial charge in [0.05, 0.1) is 11.5 Å². The normalized spacial score (nSPS) is 22.5. The van der Waals surface area contributed by atoms with Crippen LogP contribution in [0.15, 0.2) is 5.03 Å². The van der Waals surface area contributed by atoms with Crippen LogP contribution in [0.3, 0.4) is 0 Å². The maximum absolute atomic E-state index is 12.5. The molecule has 1 aliphatic rings. The minimum absolute atomic E-state index is 0.0147. The highest BCUT2D eigenvalue weighted by Crippen LogP contribution is 2.25. The number of aromatic nitrogens is 2. The van der Waals surface area contributed by atoms with Crippen LogP contribution in [0.1, 0.15) is 17.7 Å². The summed E-state index contributed by atoms with van der Waals surface area (Å²) in [6.45, 7) is 1.74. The van der Waals surface area contributed by atoms with Crippen LogP contribution in [0.4, 0.5) is 0 Å². The van der Waals surface area contributed by atoms with Crippen LogP contribution >= 0.6 is 0 Å². The third kappa shape index (κ3) is 2.60. The molecule has 10 heteroatoms. The van der Waals surface area contributed by atoms with Gasteiger partial charge in [0.25, 0.3) is 10.0 Å². The molecule has 2 heterocycles. The molecule has 3 N–H and O–H groups in total. The number of aromatic amines is 1. The first-order chi connectivity index (χ1) is 9.19. The number of hydrogen-bond acceptors (Lipinski definition) is 6. The lowest BCUT2D eigenvalue weighted by atomic mass is 10.3. The molecule has 0 spiro atoms. The monoisotopic (exact) mass is 322 g/mol. The average molecular weight is 322 g/mol. The molecule has 0 aliphatic carbocycles. The van der Waals surface area contributed by atoms with Crippen molar-refractivity contribution in [3.63, 3.8) is 0 Å². The predicted octanol–water partition coefficient (Wildman–Crippen LogP) is -1.02. The molecule has 1 aromatic heterocycles. The van der Waals surface area contributed by atoms with Crippen molar-refractivity contribution in [2.45, 2.75) is 31.0 Å². The van der Waals surface area contributed by atoms with Crippen molar-refractivity contribution in [2.75, 3.05) is 18.6 Å². The maximum atomic E-state index is 12.5. The Morgan fingerprint density at radius 2 is 2.15 bits per heavy atom. The van der Waals surface area contributed by atoms with Crippen LogP contribution < -0.4 is 5.73 Å². The summed E-state index contributed by atoms with van der Waals surface area (Å²) in [5.41, 5.74) is 6.57. The molecular weight excluding hydrogens is 304 g/mol. The van der Waals surface area contributed by atoms with E-state index >= 15 is 0 Å². The maximum Gasteiger partial charge on any atom is 0.262 e. The van der Waals surface area contributed by atoms with Gasteiger partial charge in [0.15, 0.2) is 14.9 Å². The molecule has 0 saturated carbocycles. The third-order valence-corrected chi connectivity index (χ3v) is 7.22. The number of H-pyrrole nitrogens is 1. The summed E-state index contributed by atoms with van der Waals surface area (Å²) < 4.78 is 49.1. The highest BCUT2D eigenvalue weighted by atomic mass is 32.2. The average Bonchev–Trinajstić information content (AvgIpc) is 2.91. The SMILES string of the molecule is Cc1[nH]nc(S(=O)(=O)N(C)C2CCS(=O)(=O)C2)c1CN. The second kappa shape index (κ2) is 5.10. The zero-order valence-corrected chi connectivity index (χ0v) is 13.0. The smallest absolute Gasteiger partial charge is 0.262 e. The van der Waals surface area contributed by atoms with Gasteiger partial charge in [-0.15, -0.1) is 0 Å². The number of rotatable bonds is 4. The first-order valence-electron chi connectivity index (χ1n) is 6.11. The van der Waals surface area contributed by atoms with Gasteiger partial charge in [0.2, 0.25) is 0 Å². The fourth-order valence-corrected chi connectivity index (χ4v) is 5.70. The number of sulfone groups is 1. The van der Waals surface area contributed by atoms with Crippen LogP contribution in [0.5, 0.6) is 0 Å². The highest BCUT2D eigenvalue weighted by Gasteiger charge is 2.38. The second-order valence-corrected chi connectivity index (χ2v) is 9.06. The minimum atomic E-state index is -3.85. The molecule has 1 fully saturated rings. The van der Waals surface area contributed by atoms with Gasteiger partial charge in [0.1, 0.15) is 0 Å². The van der Waals surface area contributed by atoms with E-state index in [2.05, 4.69) is 10.2 Å². The van der Waals surface area contributed by atoms with E-state index in [1.54, 1.807) is 6.92 Å². The van der Waals surface area contributed by atoms with Gasteiger partial charge in [-0.25, -0.2) is 16.8 Å². The predicted molar refractivity (Wildman–Crippen MR) is 73.2 cm³/mol. The zero-order valence-electron chi connectivity index (χ0n) is 11.3. The van der Waals surface area contributed by atoms with E-state index < -0.39 is 25.9 Å². The molecule has 114 valence electrons. The van der Waals surface area contributed by atoms with Gasteiger partial charge < -0.3 is 5.73 Å². The fourth-order valence-electron chi connectivity index (χ4n) is 2.28. The summed E-state index contributed by atoms with van der Waals surface area (Å²) in [6, 6.07) is -0.548. The molecule has 0 radical (unpaired) electrons. The first-order valence-corrected chi connectivity index (χ1v) is 9.37. The van der Waals surface area contributed by atoms with Crippen molar-refractivity contribution >= 4 is 19.9 Å². The quantitative estimate of drug-likeness (QED) is 0.731. The number of nitrogens with zero attached hydrogens (tertiary/aromatic N) is 2. The number of hydrogen-bond donors (Lipinski definition) is 2. The minimum Gasteiger partial charge on any atom is -0.326 e. The Morgan fingerprint density at radius 1 is 1.50 bits per heavy atom. The van der Waals surface area contributed by atoms with E-state index in [-0.39, 0.29) is 23.1 Å². The van der Waals surface area contributed by atoms with Crippen LogP contribution in [0, 0.1) is 6.92 Å². The standard InChI is InChI=1S/C10H18N4O4S2/c1-7-9(5-11)10(13-12-7)20(17,18)14(2)8-3-4-19(15,16)6-8/h8H,3-6,11H2,1-2H3,(H,12,13). The van der Waals surface area contributed by atoms with Gasteiger partial charge >= 0.3 is 0 Å². The van der Waals surface area contributed by atoms with E-state index in [9.17, 15) is 16.8 Å². The van der Waals surface area contributed by atoms with Gasteiger partial charge in [-0.3, -0.25) is 5.10 Å².